The molecule has 2 unspecified atom stereocenters. The molecule has 2 atom stereocenters. The summed E-state index contributed by atoms with van der Waals surface area (Å²) in [5, 5.41) is 19.7. The molecule has 10 heavy (non-hydrogen) atoms. The van der Waals surface area contributed by atoms with Gasteiger partial charge in [0.05, 0.1) is 12.1 Å². The molecule has 4 heteroatoms. The second-order valence-electron chi connectivity index (χ2n) is 1.87. The van der Waals surface area contributed by atoms with Crippen LogP contribution in [0.25, 0.3) is 0 Å². The average molecular weight is 152 g/mol. The monoisotopic (exact) mass is 152 g/mol. The maximum Gasteiger partial charge on any atom is 0.121 e. The van der Waals surface area contributed by atoms with Gasteiger partial charge >= 0.3 is 0 Å². The summed E-state index contributed by atoms with van der Waals surface area (Å²) in [4.78, 5) is 0. The third kappa shape index (κ3) is 1.41. The van der Waals surface area contributed by atoms with E-state index >= 15 is 0 Å². The summed E-state index contributed by atoms with van der Waals surface area (Å²) < 4.78 is 0. The van der Waals surface area contributed by atoms with Crippen molar-refractivity contribution in [1.29, 1.82) is 10.5 Å². The van der Waals surface area contributed by atoms with Gasteiger partial charge in [-0.25, -0.2) is 0 Å². The fourth-order valence-corrected chi connectivity index (χ4v) is 1.51. The van der Waals surface area contributed by atoms with Crippen molar-refractivity contribution in [2.75, 3.05) is 6.54 Å². The topological polar surface area (TPSA) is 59.6 Å². The Balaban J connectivity index is 2.54. The van der Waals surface area contributed by atoms with Crippen LogP contribution in [0.2, 0.25) is 0 Å². The van der Waals surface area contributed by atoms with Gasteiger partial charge in [0.25, 0.3) is 0 Å². The molecule has 0 aliphatic carbocycles. The van der Waals surface area contributed by atoms with E-state index in [1.807, 2.05) is 11.8 Å². The van der Waals surface area contributed by atoms with Crippen LogP contribution in [-0.2, 0) is 0 Å². The first-order valence-electron chi connectivity index (χ1n) is 2.88. The molecular formula is C6H6N3S. The van der Waals surface area contributed by atoms with Gasteiger partial charge in [0, 0.05) is 12.3 Å². The van der Waals surface area contributed by atoms with E-state index in [-0.39, 0.29) is 11.3 Å². The molecule has 0 amide bonds. The Bertz CT molecular complexity index is 168. The Morgan fingerprint density at radius 1 is 1.50 bits per heavy atom. The Labute approximate surface area is 64.0 Å². The molecule has 1 fully saturated rings. The lowest BCUT2D eigenvalue weighted by Crippen LogP contribution is -2.40. The second-order valence-corrected chi connectivity index (χ2v) is 2.98. The minimum atomic E-state index is -0.306. The highest BCUT2D eigenvalue weighted by Gasteiger charge is 2.24. The molecular weight excluding hydrogens is 146 g/mol. The quantitative estimate of drug-likeness (QED) is 0.541. The average Bonchev–Trinajstić information content (AvgIpc) is 2.04. The van der Waals surface area contributed by atoms with E-state index in [0.29, 0.717) is 6.54 Å². The molecule has 0 aromatic carbocycles. The van der Waals surface area contributed by atoms with E-state index in [1.54, 1.807) is 0 Å². The molecule has 0 saturated carbocycles. The van der Waals surface area contributed by atoms with Crippen molar-refractivity contribution in [3.05, 3.63) is 5.75 Å². The van der Waals surface area contributed by atoms with Gasteiger partial charge in [-0.05, 0) is 0 Å². The van der Waals surface area contributed by atoms with Gasteiger partial charge < -0.3 is 0 Å². The molecule has 1 radical (unpaired) electrons. The minimum absolute atomic E-state index is 0.237. The van der Waals surface area contributed by atoms with E-state index in [2.05, 4.69) is 11.4 Å². The summed E-state index contributed by atoms with van der Waals surface area (Å²) in [6.45, 7) is 0.709. The first-order chi connectivity index (χ1) is 4.88. The van der Waals surface area contributed by atoms with Crippen LogP contribution < -0.4 is 5.32 Å². The largest absolute Gasteiger partial charge is 0.299 e. The third-order valence-electron chi connectivity index (χ3n) is 1.23. The van der Waals surface area contributed by atoms with Crippen molar-refractivity contribution >= 4 is 11.8 Å². The SMILES string of the molecule is N#CC1NC[CH]SC1C#N. The first kappa shape index (κ1) is 7.40. The van der Waals surface area contributed by atoms with Crippen LogP contribution in [-0.4, -0.2) is 17.8 Å². The number of nitrogens with zero attached hydrogens (tertiary/aromatic N) is 2. The molecule has 3 nitrogen and oxygen atoms in total. The van der Waals surface area contributed by atoms with Crippen molar-refractivity contribution in [3.8, 4) is 12.1 Å². The fraction of sp³-hybridized carbons (Fsp3) is 0.500. The Morgan fingerprint density at radius 2 is 2.30 bits per heavy atom. The van der Waals surface area contributed by atoms with Crippen LogP contribution in [0.15, 0.2) is 0 Å². The molecule has 51 valence electrons. The standard InChI is InChI=1S/C6H6N3S/c7-3-5-6(4-8)10-2-1-9-5/h2,5-6,9H,1H2. The number of rotatable bonds is 0. The zero-order valence-electron chi connectivity index (χ0n) is 5.24. The molecule has 1 saturated heterocycles. The summed E-state index contributed by atoms with van der Waals surface area (Å²) in [6.07, 6.45) is 0. The molecule has 0 aromatic heterocycles. The summed E-state index contributed by atoms with van der Waals surface area (Å²) in [6, 6.07) is 3.78. The molecule has 0 bridgehead atoms. The fourth-order valence-electron chi connectivity index (χ4n) is 0.731. The van der Waals surface area contributed by atoms with Gasteiger partial charge in [-0.3, -0.25) is 5.32 Å². The van der Waals surface area contributed by atoms with E-state index in [1.165, 1.54) is 11.8 Å². The van der Waals surface area contributed by atoms with Gasteiger partial charge in [-0.1, -0.05) is 0 Å². The lowest BCUT2D eigenvalue weighted by atomic mass is 10.2. The van der Waals surface area contributed by atoms with Crippen LogP contribution in [0.5, 0.6) is 0 Å². The maximum absolute atomic E-state index is 8.51. The summed E-state index contributed by atoms with van der Waals surface area (Å²) in [5.74, 6) is 1.90. The molecule has 1 N–H and O–H groups in total. The van der Waals surface area contributed by atoms with Gasteiger partial charge in [0.2, 0.25) is 0 Å². The first-order valence-corrected chi connectivity index (χ1v) is 3.82. The van der Waals surface area contributed by atoms with Crippen molar-refractivity contribution < 1.29 is 0 Å². The summed E-state index contributed by atoms with van der Waals surface area (Å²) in [5.41, 5.74) is 0. The number of nitriles is 2. The van der Waals surface area contributed by atoms with Crippen LogP contribution in [0.3, 0.4) is 0 Å². The summed E-state index contributed by atoms with van der Waals surface area (Å²) >= 11 is 1.42. The normalized spacial score (nSPS) is 32.2. The van der Waals surface area contributed by atoms with Crippen molar-refractivity contribution in [2.45, 2.75) is 11.3 Å². The number of nitrogens with one attached hydrogen (secondary N) is 1. The minimum Gasteiger partial charge on any atom is -0.299 e. The van der Waals surface area contributed by atoms with Gasteiger partial charge in [-0.2, -0.15) is 10.5 Å². The van der Waals surface area contributed by atoms with E-state index in [4.69, 9.17) is 10.5 Å². The highest BCUT2D eigenvalue weighted by atomic mass is 32.2. The van der Waals surface area contributed by atoms with Gasteiger partial charge in [0.1, 0.15) is 11.3 Å². The highest BCUT2D eigenvalue weighted by Crippen LogP contribution is 2.20. The molecule has 1 heterocycles. The Kier molecular flexibility index (Phi) is 2.56. The van der Waals surface area contributed by atoms with Gasteiger partial charge in [0.15, 0.2) is 0 Å². The molecule has 1 rings (SSSR count). The lowest BCUT2D eigenvalue weighted by molar-refractivity contribution is 0.648. The third-order valence-corrected chi connectivity index (χ3v) is 2.26. The predicted molar refractivity (Wildman–Crippen MR) is 38.7 cm³/mol. The molecule has 1 aliphatic rings. The van der Waals surface area contributed by atoms with E-state index < -0.39 is 0 Å². The lowest BCUT2D eigenvalue weighted by Gasteiger charge is -2.20. The second kappa shape index (κ2) is 3.46. The molecule has 0 spiro atoms. The van der Waals surface area contributed by atoms with Gasteiger partial charge in [-0.15, -0.1) is 11.8 Å². The zero-order valence-corrected chi connectivity index (χ0v) is 6.06. The van der Waals surface area contributed by atoms with Crippen LogP contribution in [0.4, 0.5) is 0 Å². The maximum atomic E-state index is 8.51. The highest BCUT2D eigenvalue weighted by molar-refractivity contribution is 8.02. The van der Waals surface area contributed by atoms with Crippen LogP contribution in [0.1, 0.15) is 0 Å². The Morgan fingerprint density at radius 3 is 2.80 bits per heavy atom. The Hall–Kier alpha value is -0.710. The molecule has 1 aliphatic heterocycles. The van der Waals surface area contributed by atoms with E-state index in [9.17, 15) is 0 Å². The predicted octanol–water partition coefficient (Wildman–Crippen LogP) is 0.269. The number of thioether (sulfide) groups is 1. The number of hydrogen-bond acceptors (Lipinski definition) is 4. The van der Waals surface area contributed by atoms with Crippen LogP contribution >= 0.6 is 11.8 Å². The molecule has 0 aromatic rings. The smallest absolute Gasteiger partial charge is 0.121 e. The van der Waals surface area contributed by atoms with Crippen LogP contribution in [0, 0.1) is 28.4 Å². The van der Waals surface area contributed by atoms with Crippen molar-refractivity contribution in [2.24, 2.45) is 0 Å². The number of hydrogen-bond donors (Lipinski definition) is 1. The van der Waals surface area contributed by atoms with Crippen molar-refractivity contribution in [1.82, 2.24) is 5.32 Å². The zero-order chi connectivity index (χ0) is 7.40. The van der Waals surface area contributed by atoms with E-state index in [0.717, 1.165) is 0 Å². The van der Waals surface area contributed by atoms with Crippen molar-refractivity contribution in [3.63, 3.8) is 0 Å². The summed E-state index contributed by atoms with van der Waals surface area (Å²) in [7, 11) is 0.